The third-order valence-corrected chi connectivity index (χ3v) is 4.95. The van der Waals surface area contributed by atoms with Crippen LogP contribution in [0.1, 0.15) is 31.3 Å². The van der Waals surface area contributed by atoms with E-state index >= 15 is 0 Å². The molecule has 4 nitrogen and oxygen atoms in total. The van der Waals surface area contributed by atoms with Crippen molar-refractivity contribution in [1.82, 2.24) is 9.97 Å². The first-order valence-electron chi connectivity index (χ1n) is 6.53. The fraction of sp³-hybridized carbons (Fsp3) is 0.357. The minimum Gasteiger partial charge on any atom is -0.591 e. The molecule has 0 aliphatic rings. The van der Waals surface area contributed by atoms with Crippen molar-refractivity contribution in [2.75, 3.05) is 0 Å². The van der Waals surface area contributed by atoms with Gasteiger partial charge in [-0.1, -0.05) is 4.40 Å². The Balaban J connectivity index is 2.22. The summed E-state index contributed by atoms with van der Waals surface area (Å²) in [5.74, 6) is 0. The number of rotatable bonds is 3. The maximum absolute atomic E-state index is 12.7. The lowest BCUT2D eigenvalue weighted by Gasteiger charge is -2.17. The van der Waals surface area contributed by atoms with E-state index in [0.717, 1.165) is 12.3 Å². The summed E-state index contributed by atoms with van der Waals surface area (Å²) in [7, 11) is 0. The van der Waals surface area contributed by atoms with Crippen LogP contribution in [0.5, 0.6) is 0 Å². The van der Waals surface area contributed by atoms with Gasteiger partial charge < -0.3 is 4.55 Å². The monoisotopic (exact) mass is 361 g/mol. The van der Waals surface area contributed by atoms with E-state index in [1.807, 2.05) is 0 Å². The molecule has 0 N–H and O–H groups in total. The Morgan fingerprint density at radius 3 is 2.57 bits per heavy atom. The number of pyridine rings is 1. The zero-order valence-electron chi connectivity index (χ0n) is 12.6. The third kappa shape index (κ3) is 4.76. The predicted molar refractivity (Wildman–Crippen MR) is 85.8 cm³/mol. The first-order valence-corrected chi connectivity index (χ1v) is 8.45. The van der Waals surface area contributed by atoms with E-state index in [1.165, 1.54) is 29.8 Å². The lowest BCUT2D eigenvalue weighted by Crippen LogP contribution is -2.25. The van der Waals surface area contributed by atoms with Gasteiger partial charge in [-0.3, -0.25) is 4.98 Å². The van der Waals surface area contributed by atoms with E-state index in [2.05, 4.69) is 14.4 Å². The van der Waals surface area contributed by atoms with Gasteiger partial charge in [0.1, 0.15) is 26.8 Å². The quantitative estimate of drug-likeness (QED) is 0.611. The average Bonchev–Trinajstić information content (AvgIpc) is 2.92. The van der Waals surface area contributed by atoms with E-state index < -0.39 is 28.0 Å². The molecule has 0 amide bonds. The molecule has 23 heavy (non-hydrogen) atoms. The van der Waals surface area contributed by atoms with E-state index in [-0.39, 0.29) is 0 Å². The lowest BCUT2D eigenvalue weighted by molar-refractivity contribution is -0.141. The van der Waals surface area contributed by atoms with Crippen molar-refractivity contribution in [2.45, 2.75) is 31.7 Å². The van der Waals surface area contributed by atoms with Gasteiger partial charge in [0.2, 0.25) is 0 Å². The summed E-state index contributed by atoms with van der Waals surface area (Å²) in [6.07, 6.45) is -0.491. The van der Waals surface area contributed by atoms with Gasteiger partial charge in [0.25, 0.3) is 0 Å². The van der Waals surface area contributed by atoms with Crippen molar-refractivity contribution < 1.29 is 17.7 Å². The molecule has 1 unspecified atom stereocenters. The van der Waals surface area contributed by atoms with Crippen molar-refractivity contribution >= 4 is 28.9 Å². The Hall–Kier alpha value is -1.45. The SMILES string of the molecule is CC(C)(C)[S+]([O-])/N=C/c1cnc(-c2ccnc(C(F)(F)F)c2)s1. The van der Waals surface area contributed by atoms with E-state index in [9.17, 15) is 17.7 Å². The van der Waals surface area contributed by atoms with Gasteiger partial charge in [0.15, 0.2) is 0 Å². The second-order valence-corrected chi connectivity index (χ2v) is 8.59. The molecule has 0 bridgehead atoms. The van der Waals surface area contributed by atoms with Crippen LogP contribution in [0.4, 0.5) is 13.2 Å². The van der Waals surface area contributed by atoms with Gasteiger partial charge in [-0.05, 0) is 32.9 Å². The van der Waals surface area contributed by atoms with Crippen molar-refractivity contribution in [1.29, 1.82) is 0 Å². The number of hydrogen-bond donors (Lipinski definition) is 0. The molecule has 0 saturated carbocycles. The number of halogens is 3. The van der Waals surface area contributed by atoms with Crippen molar-refractivity contribution in [3.05, 3.63) is 35.1 Å². The maximum Gasteiger partial charge on any atom is 0.433 e. The predicted octanol–water partition coefficient (Wildman–Crippen LogP) is 4.11. The molecule has 0 spiro atoms. The minimum absolute atomic E-state index is 0.328. The van der Waals surface area contributed by atoms with Crippen LogP contribution < -0.4 is 0 Å². The maximum atomic E-state index is 12.7. The van der Waals surface area contributed by atoms with Crippen LogP contribution in [-0.4, -0.2) is 25.5 Å². The molecule has 2 aromatic rings. The second kappa shape index (κ2) is 6.58. The minimum atomic E-state index is -4.50. The first kappa shape index (κ1) is 17.9. The number of nitrogens with zero attached hydrogens (tertiary/aromatic N) is 3. The van der Waals surface area contributed by atoms with Crippen LogP contribution >= 0.6 is 11.3 Å². The normalized spacial score (nSPS) is 14.4. The van der Waals surface area contributed by atoms with E-state index in [1.54, 1.807) is 20.8 Å². The Morgan fingerprint density at radius 2 is 1.96 bits per heavy atom. The first-order chi connectivity index (χ1) is 10.6. The molecule has 0 fully saturated rings. The number of alkyl halides is 3. The summed E-state index contributed by atoms with van der Waals surface area (Å²) < 4.78 is 53.3. The molecule has 0 aromatic carbocycles. The molecular weight excluding hydrogens is 347 g/mol. The summed E-state index contributed by atoms with van der Waals surface area (Å²) in [5, 5.41) is 0.417. The van der Waals surface area contributed by atoms with Crippen LogP contribution in [0.3, 0.4) is 0 Å². The van der Waals surface area contributed by atoms with E-state index in [4.69, 9.17) is 0 Å². The lowest BCUT2D eigenvalue weighted by atomic mass is 10.2. The Labute approximate surface area is 138 Å². The number of aromatic nitrogens is 2. The zero-order valence-corrected chi connectivity index (χ0v) is 14.2. The topological polar surface area (TPSA) is 61.2 Å². The van der Waals surface area contributed by atoms with Gasteiger partial charge in [-0.15, -0.1) is 11.3 Å². The molecular formula is C14H14F3N3OS2. The molecule has 1 atom stereocenters. The zero-order chi connectivity index (χ0) is 17.3. The van der Waals surface area contributed by atoms with Crippen LogP contribution in [0.25, 0.3) is 10.6 Å². The summed E-state index contributed by atoms with van der Waals surface area (Å²) in [4.78, 5) is 8.01. The average molecular weight is 361 g/mol. The van der Waals surface area contributed by atoms with Crippen LogP contribution in [0.2, 0.25) is 0 Å². The molecule has 124 valence electrons. The molecule has 0 aliphatic heterocycles. The highest BCUT2D eigenvalue weighted by atomic mass is 32.2. The molecule has 9 heteroatoms. The molecule has 2 rings (SSSR count). The van der Waals surface area contributed by atoms with Crippen LogP contribution in [0, 0.1) is 0 Å². The Morgan fingerprint density at radius 1 is 1.26 bits per heavy atom. The highest BCUT2D eigenvalue weighted by molar-refractivity contribution is 7.91. The van der Waals surface area contributed by atoms with Crippen LogP contribution in [0.15, 0.2) is 28.9 Å². The van der Waals surface area contributed by atoms with Gasteiger partial charge in [0, 0.05) is 18.0 Å². The van der Waals surface area contributed by atoms with Crippen molar-refractivity contribution in [3.8, 4) is 10.6 Å². The van der Waals surface area contributed by atoms with Gasteiger partial charge in [-0.25, -0.2) is 4.98 Å². The molecule has 0 saturated heterocycles. The largest absolute Gasteiger partial charge is 0.591 e. The molecule has 0 radical (unpaired) electrons. The highest BCUT2D eigenvalue weighted by Crippen LogP contribution is 2.31. The molecule has 2 heterocycles. The van der Waals surface area contributed by atoms with Crippen molar-refractivity contribution in [3.63, 3.8) is 0 Å². The molecule has 0 aliphatic carbocycles. The van der Waals surface area contributed by atoms with Gasteiger partial charge >= 0.3 is 6.18 Å². The Bertz CT molecular complexity index is 708. The fourth-order valence-corrected chi connectivity index (χ4v) is 2.83. The molecule has 2 aromatic heterocycles. The fourth-order valence-electron chi connectivity index (χ4n) is 1.46. The second-order valence-electron chi connectivity index (χ2n) is 5.59. The number of thiazole rings is 1. The number of hydrogen-bond acceptors (Lipinski definition) is 5. The van der Waals surface area contributed by atoms with Gasteiger partial charge in [-0.2, -0.15) is 13.2 Å². The summed E-state index contributed by atoms with van der Waals surface area (Å²) in [6.45, 7) is 5.40. The third-order valence-electron chi connectivity index (χ3n) is 2.62. The highest BCUT2D eigenvalue weighted by Gasteiger charge is 2.32. The van der Waals surface area contributed by atoms with E-state index in [0.29, 0.717) is 15.4 Å². The Kier molecular flexibility index (Phi) is 5.12. The van der Waals surface area contributed by atoms with Gasteiger partial charge in [0.05, 0.1) is 11.1 Å². The summed E-state index contributed by atoms with van der Waals surface area (Å²) in [6, 6.07) is 2.41. The standard InChI is InChI=1S/C14H14F3N3OS2/c1-13(2,3)23(21)20-8-10-7-19-12(22-10)9-4-5-18-11(6-9)14(15,16)17/h4-8H,1-3H3/b20-8+. The summed E-state index contributed by atoms with van der Waals surface area (Å²) >= 11 is -0.231. The smallest absolute Gasteiger partial charge is 0.433 e. The van der Waals surface area contributed by atoms with Crippen molar-refractivity contribution in [2.24, 2.45) is 4.40 Å². The summed E-state index contributed by atoms with van der Waals surface area (Å²) in [5.41, 5.74) is -0.636. The van der Waals surface area contributed by atoms with Crippen LogP contribution in [-0.2, 0) is 17.5 Å².